The number of nitrogens with zero attached hydrogens (tertiary/aromatic N) is 1. The second-order valence-electron chi connectivity index (χ2n) is 8.39. The summed E-state index contributed by atoms with van der Waals surface area (Å²) < 4.78 is 0. The van der Waals surface area contributed by atoms with Crippen molar-refractivity contribution in [3.8, 4) is 0 Å². The van der Waals surface area contributed by atoms with Gasteiger partial charge in [0, 0.05) is 18.2 Å². The Morgan fingerprint density at radius 1 is 1.04 bits per heavy atom. The first kappa shape index (κ1) is 20.4. The number of likely N-dealkylation sites (N-methyl/N-ethyl adjacent to an activating group) is 1. The van der Waals surface area contributed by atoms with Crippen molar-refractivity contribution >= 4 is 11.8 Å². The van der Waals surface area contributed by atoms with Crippen LogP contribution in [-0.2, 0) is 16.1 Å². The van der Waals surface area contributed by atoms with Crippen LogP contribution in [0.25, 0.3) is 0 Å². The molecule has 0 saturated carbocycles. The van der Waals surface area contributed by atoms with Crippen molar-refractivity contribution in [1.82, 2.24) is 10.2 Å². The SMILES string of the molecule is CN(CC(=O)NC(C)(C)C)C(=O)C[NH+]1CC[NH+](Cc2ccccc2)CC1. The van der Waals surface area contributed by atoms with Crippen LogP contribution in [0.3, 0.4) is 0 Å². The van der Waals surface area contributed by atoms with Crippen LogP contribution in [0.5, 0.6) is 0 Å². The molecule has 0 atom stereocenters. The Bertz CT molecular complexity index is 590. The van der Waals surface area contributed by atoms with Crippen molar-refractivity contribution in [2.24, 2.45) is 0 Å². The summed E-state index contributed by atoms with van der Waals surface area (Å²) in [4.78, 5) is 28.8. The molecule has 1 saturated heterocycles. The maximum absolute atomic E-state index is 12.4. The molecule has 0 aliphatic carbocycles. The lowest BCUT2D eigenvalue weighted by Gasteiger charge is -2.30. The predicted molar refractivity (Wildman–Crippen MR) is 102 cm³/mol. The summed E-state index contributed by atoms with van der Waals surface area (Å²) in [5.74, 6) is -0.0731. The molecule has 1 aromatic rings. The Kier molecular flexibility index (Phi) is 7.17. The third kappa shape index (κ3) is 7.14. The first-order valence-electron chi connectivity index (χ1n) is 9.49. The van der Waals surface area contributed by atoms with Crippen LogP contribution in [-0.4, -0.2) is 68.6 Å². The van der Waals surface area contributed by atoms with Gasteiger partial charge in [0.1, 0.15) is 32.7 Å². The van der Waals surface area contributed by atoms with Gasteiger partial charge in [0.15, 0.2) is 6.54 Å². The highest BCUT2D eigenvalue weighted by Gasteiger charge is 2.26. The van der Waals surface area contributed by atoms with Gasteiger partial charge in [-0.05, 0) is 20.8 Å². The van der Waals surface area contributed by atoms with Gasteiger partial charge in [-0.1, -0.05) is 30.3 Å². The van der Waals surface area contributed by atoms with Crippen LogP contribution < -0.4 is 15.1 Å². The molecular weight excluding hydrogens is 328 g/mol. The van der Waals surface area contributed by atoms with Gasteiger partial charge in [0.05, 0.1) is 6.54 Å². The van der Waals surface area contributed by atoms with Crippen molar-refractivity contribution in [1.29, 1.82) is 0 Å². The molecule has 144 valence electrons. The molecule has 6 heteroatoms. The van der Waals surface area contributed by atoms with Crippen molar-refractivity contribution < 1.29 is 19.4 Å². The van der Waals surface area contributed by atoms with E-state index in [1.807, 2.05) is 26.8 Å². The Hall–Kier alpha value is -1.92. The summed E-state index contributed by atoms with van der Waals surface area (Å²) in [7, 11) is 1.71. The molecule has 26 heavy (non-hydrogen) atoms. The highest BCUT2D eigenvalue weighted by atomic mass is 16.2. The molecule has 1 aromatic carbocycles. The number of carbonyl (C=O) groups excluding carboxylic acids is 2. The lowest BCUT2D eigenvalue weighted by atomic mass is 10.1. The maximum atomic E-state index is 12.4. The normalized spacial score (nSPS) is 20.5. The van der Waals surface area contributed by atoms with E-state index >= 15 is 0 Å². The summed E-state index contributed by atoms with van der Waals surface area (Å²) >= 11 is 0. The van der Waals surface area contributed by atoms with E-state index in [9.17, 15) is 9.59 Å². The molecule has 6 nitrogen and oxygen atoms in total. The summed E-state index contributed by atoms with van der Waals surface area (Å²) in [5.41, 5.74) is 1.09. The third-order valence-electron chi connectivity index (χ3n) is 4.68. The Morgan fingerprint density at radius 2 is 1.62 bits per heavy atom. The molecule has 1 heterocycles. The third-order valence-corrected chi connectivity index (χ3v) is 4.68. The zero-order valence-corrected chi connectivity index (χ0v) is 16.6. The molecule has 0 radical (unpaired) electrons. The van der Waals surface area contributed by atoms with Crippen LogP contribution in [0, 0.1) is 0 Å². The van der Waals surface area contributed by atoms with Crippen LogP contribution in [0.2, 0.25) is 0 Å². The second-order valence-corrected chi connectivity index (χ2v) is 8.39. The van der Waals surface area contributed by atoms with Gasteiger partial charge in [0.2, 0.25) is 5.91 Å². The zero-order valence-electron chi connectivity index (χ0n) is 16.6. The second kappa shape index (κ2) is 9.14. The van der Waals surface area contributed by atoms with Crippen LogP contribution >= 0.6 is 0 Å². The van der Waals surface area contributed by atoms with E-state index in [0.29, 0.717) is 6.54 Å². The number of piperazine rings is 1. The first-order valence-corrected chi connectivity index (χ1v) is 9.49. The molecule has 1 aliphatic rings. The largest absolute Gasteiger partial charge is 0.350 e. The standard InChI is InChI=1S/C20H32N4O2/c1-20(2,3)21-18(25)15-22(4)19(26)16-24-12-10-23(11-13-24)14-17-8-6-5-7-9-17/h5-9H,10-16H2,1-4H3,(H,21,25)/p+2. The predicted octanol–water partition coefficient (Wildman–Crippen LogP) is -1.66. The fourth-order valence-electron chi connectivity index (χ4n) is 3.31. The highest BCUT2D eigenvalue weighted by Crippen LogP contribution is 1.98. The van der Waals surface area contributed by atoms with Gasteiger partial charge in [-0.2, -0.15) is 0 Å². The molecule has 1 aliphatic heterocycles. The number of amides is 2. The fraction of sp³-hybridized carbons (Fsp3) is 0.600. The molecular formula is C20H34N4O2+2. The van der Waals surface area contributed by atoms with Gasteiger partial charge in [0.25, 0.3) is 5.91 Å². The van der Waals surface area contributed by atoms with E-state index in [1.165, 1.54) is 15.4 Å². The van der Waals surface area contributed by atoms with Crippen LogP contribution in [0.4, 0.5) is 0 Å². The Morgan fingerprint density at radius 3 is 2.19 bits per heavy atom. The van der Waals surface area contributed by atoms with Gasteiger partial charge in [-0.25, -0.2) is 0 Å². The van der Waals surface area contributed by atoms with Gasteiger partial charge in [-0.3, -0.25) is 9.59 Å². The summed E-state index contributed by atoms with van der Waals surface area (Å²) in [5, 5.41) is 2.89. The van der Waals surface area contributed by atoms with E-state index in [-0.39, 0.29) is 23.9 Å². The fourth-order valence-corrected chi connectivity index (χ4v) is 3.31. The number of benzene rings is 1. The summed E-state index contributed by atoms with van der Waals surface area (Å²) in [6.45, 7) is 11.6. The highest BCUT2D eigenvalue weighted by molar-refractivity contribution is 5.85. The van der Waals surface area contributed by atoms with Gasteiger partial charge >= 0.3 is 0 Å². The number of hydrogen-bond acceptors (Lipinski definition) is 2. The van der Waals surface area contributed by atoms with Gasteiger partial charge in [-0.15, -0.1) is 0 Å². The first-order chi connectivity index (χ1) is 12.2. The lowest BCUT2D eigenvalue weighted by Crippen LogP contribution is -3.28. The topological polar surface area (TPSA) is 58.3 Å². The van der Waals surface area contributed by atoms with E-state index in [0.717, 1.165) is 32.7 Å². The van der Waals surface area contributed by atoms with E-state index in [2.05, 4.69) is 29.6 Å². The quantitative estimate of drug-likeness (QED) is 0.568. The van der Waals surface area contributed by atoms with Crippen LogP contribution in [0.15, 0.2) is 30.3 Å². The van der Waals surface area contributed by atoms with Crippen molar-refractivity contribution in [2.75, 3.05) is 46.3 Å². The molecule has 1 fully saturated rings. The summed E-state index contributed by atoms with van der Waals surface area (Å²) in [6, 6.07) is 10.6. The Labute approximate surface area is 157 Å². The molecule has 0 bridgehead atoms. The van der Waals surface area contributed by atoms with Crippen molar-refractivity contribution in [2.45, 2.75) is 32.9 Å². The molecule has 3 N–H and O–H groups in total. The lowest BCUT2D eigenvalue weighted by molar-refractivity contribution is -1.02. The number of quaternary nitrogens is 2. The average Bonchev–Trinajstić information content (AvgIpc) is 2.55. The van der Waals surface area contributed by atoms with Crippen LogP contribution in [0.1, 0.15) is 26.3 Å². The van der Waals surface area contributed by atoms with Gasteiger partial charge < -0.3 is 20.0 Å². The summed E-state index contributed by atoms with van der Waals surface area (Å²) in [6.07, 6.45) is 0. The monoisotopic (exact) mass is 362 g/mol. The van der Waals surface area contributed by atoms with E-state index in [1.54, 1.807) is 11.9 Å². The zero-order chi connectivity index (χ0) is 19.2. The number of nitrogens with one attached hydrogen (secondary N) is 3. The smallest absolute Gasteiger partial charge is 0.277 e. The Balaban J connectivity index is 1.71. The number of carbonyl (C=O) groups is 2. The number of hydrogen-bond donors (Lipinski definition) is 3. The maximum Gasteiger partial charge on any atom is 0.277 e. The molecule has 0 aromatic heterocycles. The minimum atomic E-state index is -0.274. The number of rotatable bonds is 6. The van der Waals surface area contributed by atoms with Crippen molar-refractivity contribution in [3.63, 3.8) is 0 Å². The molecule has 2 rings (SSSR count). The average molecular weight is 363 g/mol. The molecule has 0 unspecified atom stereocenters. The van der Waals surface area contributed by atoms with Crippen molar-refractivity contribution in [3.05, 3.63) is 35.9 Å². The van der Waals surface area contributed by atoms with E-state index < -0.39 is 0 Å². The minimum Gasteiger partial charge on any atom is -0.350 e. The minimum absolute atomic E-state index is 0.0376. The molecule has 0 spiro atoms. The van der Waals surface area contributed by atoms with E-state index in [4.69, 9.17) is 0 Å². The molecule has 2 amide bonds.